The van der Waals surface area contributed by atoms with E-state index in [4.69, 9.17) is 0 Å². The molecular weight excluding hydrogens is 210 g/mol. The van der Waals surface area contributed by atoms with Crippen LogP contribution in [0.2, 0.25) is 0 Å². The van der Waals surface area contributed by atoms with Crippen LogP contribution in [0.5, 0.6) is 0 Å². The van der Waals surface area contributed by atoms with Crippen molar-refractivity contribution in [2.24, 2.45) is 0 Å². The molecule has 0 saturated carbocycles. The molecule has 0 fully saturated rings. The van der Waals surface area contributed by atoms with Crippen molar-refractivity contribution >= 4 is 0 Å². The number of imidazole rings is 1. The predicted octanol–water partition coefficient (Wildman–Crippen LogP) is 2.68. The minimum Gasteiger partial charge on any atom is -0.310 e. The lowest BCUT2D eigenvalue weighted by atomic mass is 10.1. The Morgan fingerprint density at radius 2 is 2.18 bits per heavy atom. The fourth-order valence-electron chi connectivity index (χ4n) is 1.82. The summed E-state index contributed by atoms with van der Waals surface area (Å²) in [7, 11) is 0. The van der Waals surface area contributed by atoms with E-state index in [9.17, 15) is 0 Å². The van der Waals surface area contributed by atoms with Crippen LogP contribution in [0.1, 0.15) is 25.0 Å². The first-order valence-corrected chi connectivity index (χ1v) is 5.98. The maximum Gasteiger partial charge on any atom is 0.0991 e. The lowest BCUT2D eigenvalue weighted by Crippen LogP contribution is -2.22. The number of aromatic nitrogens is 2. The van der Waals surface area contributed by atoms with E-state index in [1.807, 2.05) is 12.5 Å². The molecule has 0 unspecified atom stereocenters. The lowest BCUT2D eigenvalue weighted by Gasteiger charge is -2.14. The average Bonchev–Trinajstić information content (AvgIpc) is 2.80. The zero-order valence-corrected chi connectivity index (χ0v) is 10.6. The van der Waals surface area contributed by atoms with Crippen LogP contribution < -0.4 is 5.32 Å². The Hall–Kier alpha value is -1.61. The highest BCUT2D eigenvalue weighted by Gasteiger charge is 2.05. The molecule has 0 atom stereocenters. The van der Waals surface area contributed by atoms with Gasteiger partial charge >= 0.3 is 0 Å². The molecule has 0 aliphatic heterocycles. The number of nitrogens with one attached hydrogen (secondary N) is 1. The van der Waals surface area contributed by atoms with Gasteiger partial charge in [-0.25, -0.2) is 4.98 Å². The van der Waals surface area contributed by atoms with Gasteiger partial charge in [0.15, 0.2) is 0 Å². The summed E-state index contributed by atoms with van der Waals surface area (Å²) in [5.74, 6) is 0. The quantitative estimate of drug-likeness (QED) is 0.873. The monoisotopic (exact) mass is 229 g/mol. The van der Waals surface area contributed by atoms with Gasteiger partial charge in [0.2, 0.25) is 0 Å². The van der Waals surface area contributed by atoms with Crippen LogP contribution >= 0.6 is 0 Å². The van der Waals surface area contributed by atoms with Gasteiger partial charge in [-0.15, -0.1) is 0 Å². The molecule has 0 aliphatic rings. The molecule has 1 aromatic heterocycles. The Morgan fingerprint density at radius 1 is 1.35 bits per heavy atom. The van der Waals surface area contributed by atoms with Crippen LogP contribution in [0.3, 0.4) is 0 Å². The molecule has 2 aromatic rings. The van der Waals surface area contributed by atoms with Crippen LogP contribution in [-0.2, 0) is 6.54 Å². The van der Waals surface area contributed by atoms with Gasteiger partial charge in [0, 0.05) is 25.0 Å². The number of hydrogen-bond acceptors (Lipinski definition) is 2. The van der Waals surface area contributed by atoms with Gasteiger partial charge in [-0.05, 0) is 18.6 Å². The third-order valence-corrected chi connectivity index (χ3v) is 2.72. The van der Waals surface area contributed by atoms with E-state index in [0.29, 0.717) is 6.04 Å². The summed E-state index contributed by atoms with van der Waals surface area (Å²) in [4.78, 5) is 4.10. The molecule has 0 bridgehead atoms. The molecule has 0 radical (unpaired) electrons. The number of rotatable bonds is 4. The molecular formula is C14H19N3. The van der Waals surface area contributed by atoms with Crippen molar-refractivity contribution in [1.29, 1.82) is 0 Å². The topological polar surface area (TPSA) is 29.9 Å². The van der Waals surface area contributed by atoms with Gasteiger partial charge in [0.1, 0.15) is 0 Å². The van der Waals surface area contributed by atoms with E-state index in [1.165, 1.54) is 16.8 Å². The summed E-state index contributed by atoms with van der Waals surface area (Å²) >= 11 is 0. The van der Waals surface area contributed by atoms with Crippen molar-refractivity contribution in [2.75, 3.05) is 0 Å². The largest absolute Gasteiger partial charge is 0.310 e. The fourth-order valence-corrected chi connectivity index (χ4v) is 1.82. The van der Waals surface area contributed by atoms with E-state index < -0.39 is 0 Å². The minimum absolute atomic E-state index is 0.492. The van der Waals surface area contributed by atoms with Gasteiger partial charge in [-0.1, -0.05) is 31.5 Å². The summed E-state index contributed by atoms with van der Waals surface area (Å²) in [5, 5.41) is 3.46. The van der Waals surface area contributed by atoms with Crippen molar-refractivity contribution in [3.05, 3.63) is 48.0 Å². The molecule has 0 spiro atoms. The van der Waals surface area contributed by atoms with Crippen LogP contribution in [0.15, 0.2) is 36.9 Å². The van der Waals surface area contributed by atoms with Gasteiger partial charge in [0.05, 0.1) is 12.0 Å². The van der Waals surface area contributed by atoms with E-state index in [0.717, 1.165) is 6.54 Å². The summed E-state index contributed by atoms with van der Waals surface area (Å²) in [6, 6.07) is 7.00. The average molecular weight is 229 g/mol. The molecule has 1 heterocycles. The maximum absolute atomic E-state index is 4.10. The van der Waals surface area contributed by atoms with Crippen molar-refractivity contribution < 1.29 is 0 Å². The van der Waals surface area contributed by atoms with E-state index in [2.05, 4.69) is 53.8 Å². The van der Waals surface area contributed by atoms with Crippen molar-refractivity contribution in [3.8, 4) is 5.69 Å². The van der Waals surface area contributed by atoms with Crippen LogP contribution in [0.25, 0.3) is 5.69 Å². The highest BCUT2D eigenvalue weighted by molar-refractivity contribution is 5.43. The lowest BCUT2D eigenvalue weighted by molar-refractivity contribution is 0.587. The standard InChI is InChI=1S/C14H19N3/c1-11(2)16-9-13-8-12(3)4-5-14(13)17-7-6-15-10-17/h4-8,10-11,16H,9H2,1-3H3. The Kier molecular flexibility index (Phi) is 3.59. The SMILES string of the molecule is Cc1ccc(-n2ccnc2)c(CNC(C)C)c1. The zero-order chi connectivity index (χ0) is 12.3. The highest BCUT2D eigenvalue weighted by atomic mass is 15.0. The van der Waals surface area contributed by atoms with Gasteiger partial charge in [-0.3, -0.25) is 0 Å². The van der Waals surface area contributed by atoms with Crippen molar-refractivity contribution in [2.45, 2.75) is 33.4 Å². The zero-order valence-electron chi connectivity index (χ0n) is 10.6. The molecule has 17 heavy (non-hydrogen) atoms. The molecule has 3 nitrogen and oxygen atoms in total. The molecule has 2 rings (SSSR count). The van der Waals surface area contributed by atoms with Crippen LogP contribution in [0, 0.1) is 6.92 Å². The number of benzene rings is 1. The smallest absolute Gasteiger partial charge is 0.0991 e. The first kappa shape index (κ1) is 11.9. The molecule has 1 N–H and O–H groups in total. The highest BCUT2D eigenvalue weighted by Crippen LogP contribution is 2.16. The van der Waals surface area contributed by atoms with Crippen LogP contribution in [0.4, 0.5) is 0 Å². The molecule has 3 heteroatoms. The first-order chi connectivity index (χ1) is 8.16. The second kappa shape index (κ2) is 5.15. The molecule has 90 valence electrons. The molecule has 0 saturated heterocycles. The number of aryl methyl sites for hydroxylation is 1. The summed E-state index contributed by atoms with van der Waals surface area (Å²) in [6.45, 7) is 7.32. The molecule has 0 aliphatic carbocycles. The molecule has 0 amide bonds. The summed E-state index contributed by atoms with van der Waals surface area (Å²) in [5.41, 5.74) is 3.78. The Labute approximate surface area is 103 Å². The minimum atomic E-state index is 0.492. The van der Waals surface area contributed by atoms with Gasteiger partial charge in [-0.2, -0.15) is 0 Å². The second-order valence-electron chi connectivity index (χ2n) is 4.64. The van der Waals surface area contributed by atoms with Gasteiger partial charge in [0.25, 0.3) is 0 Å². The predicted molar refractivity (Wildman–Crippen MR) is 70.3 cm³/mol. The van der Waals surface area contributed by atoms with E-state index in [-0.39, 0.29) is 0 Å². The second-order valence-corrected chi connectivity index (χ2v) is 4.64. The third kappa shape index (κ3) is 2.94. The first-order valence-electron chi connectivity index (χ1n) is 5.98. The normalized spacial score (nSPS) is 11.1. The Balaban J connectivity index is 2.31. The Bertz CT molecular complexity index is 472. The number of hydrogen-bond donors (Lipinski definition) is 1. The van der Waals surface area contributed by atoms with E-state index in [1.54, 1.807) is 6.20 Å². The van der Waals surface area contributed by atoms with E-state index >= 15 is 0 Å². The van der Waals surface area contributed by atoms with Crippen molar-refractivity contribution in [3.63, 3.8) is 0 Å². The van der Waals surface area contributed by atoms with Crippen LogP contribution in [-0.4, -0.2) is 15.6 Å². The summed E-state index contributed by atoms with van der Waals surface area (Å²) in [6.07, 6.45) is 5.62. The fraction of sp³-hybridized carbons (Fsp3) is 0.357. The molecule has 1 aromatic carbocycles. The Morgan fingerprint density at radius 3 is 2.82 bits per heavy atom. The summed E-state index contributed by atoms with van der Waals surface area (Å²) < 4.78 is 2.05. The third-order valence-electron chi connectivity index (χ3n) is 2.72. The van der Waals surface area contributed by atoms with Crippen molar-refractivity contribution in [1.82, 2.24) is 14.9 Å². The van der Waals surface area contributed by atoms with Gasteiger partial charge < -0.3 is 9.88 Å². The maximum atomic E-state index is 4.10. The number of nitrogens with zero attached hydrogens (tertiary/aromatic N) is 2.